The quantitative estimate of drug-likeness (QED) is 0.685. The largest absolute Gasteiger partial charge is 0.460 e. The molecule has 0 radical (unpaired) electrons. The van der Waals surface area contributed by atoms with Gasteiger partial charge in [0.1, 0.15) is 17.3 Å². The van der Waals surface area contributed by atoms with Crippen molar-refractivity contribution in [2.75, 3.05) is 7.05 Å². The summed E-state index contributed by atoms with van der Waals surface area (Å²) in [6.45, 7) is 2.73. The minimum absolute atomic E-state index is 0.165. The average molecular weight is 310 g/mol. The lowest BCUT2D eigenvalue weighted by atomic mass is 10.1. The third-order valence-corrected chi connectivity index (χ3v) is 3.98. The van der Waals surface area contributed by atoms with Crippen LogP contribution < -0.4 is 0 Å². The van der Waals surface area contributed by atoms with Crippen LogP contribution in [0.4, 0.5) is 4.39 Å². The van der Waals surface area contributed by atoms with Crippen LogP contribution in [-0.2, 0) is 6.54 Å². The number of rotatable bonds is 5. The number of hydrogen-bond donors (Lipinski definition) is 0. The van der Waals surface area contributed by atoms with Gasteiger partial charge in [0.25, 0.3) is 0 Å². The summed E-state index contributed by atoms with van der Waals surface area (Å²) in [5, 5.41) is 0. The van der Waals surface area contributed by atoms with Crippen LogP contribution in [0.5, 0.6) is 0 Å². The Hall–Kier alpha value is -2.46. The maximum Gasteiger partial charge on any atom is 0.137 e. The maximum atomic E-state index is 13.8. The highest BCUT2D eigenvalue weighted by molar-refractivity contribution is 5.58. The monoisotopic (exact) mass is 310 g/mol. The van der Waals surface area contributed by atoms with Crippen LogP contribution in [-0.4, -0.2) is 16.9 Å². The van der Waals surface area contributed by atoms with Gasteiger partial charge in [0, 0.05) is 12.2 Å². The number of pyridine rings is 1. The molecule has 1 atom stereocenters. The second-order valence-corrected chi connectivity index (χ2v) is 5.59. The van der Waals surface area contributed by atoms with Gasteiger partial charge >= 0.3 is 0 Å². The van der Waals surface area contributed by atoms with E-state index in [0.29, 0.717) is 17.9 Å². The molecule has 0 N–H and O–H groups in total. The van der Waals surface area contributed by atoms with E-state index in [2.05, 4.69) is 16.8 Å². The molecule has 0 aliphatic heterocycles. The number of nitrogens with zero attached hydrogens (tertiary/aromatic N) is 2. The van der Waals surface area contributed by atoms with E-state index < -0.39 is 0 Å². The summed E-state index contributed by atoms with van der Waals surface area (Å²) in [6, 6.07) is 16.4. The van der Waals surface area contributed by atoms with E-state index in [1.807, 2.05) is 37.4 Å². The average Bonchev–Trinajstić information content (AvgIpc) is 3.03. The van der Waals surface area contributed by atoms with E-state index in [-0.39, 0.29) is 11.9 Å². The van der Waals surface area contributed by atoms with Crippen molar-refractivity contribution in [3.8, 4) is 11.3 Å². The molecule has 0 fully saturated rings. The maximum absolute atomic E-state index is 13.8. The van der Waals surface area contributed by atoms with Crippen molar-refractivity contribution in [3.05, 3.63) is 78.1 Å². The van der Waals surface area contributed by atoms with Crippen LogP contribution in [0.1, 0.15) is 24.4 Å². The molecule has 0 bridgehead atoms. The molecule has 2 heterocycles. The van der Waals surface area contributed by atoms with Crippen molar-refractivity contribution in [1.29, 1.82) is 0 Å². The Morgan fingerprint density at radius 1 is 1.09 bits per heavy atom. The molecule has 0 spiro atoms. The first-order valence-electron chi connectivity index (χ1n) is 7.60. The van der Waals surface area contributed by atoms with E-state index in [1.165, 1.54) is 6.07 Å². The Labute approximate surface area is 135 Å². The van der Waals surface area contributed by atoms with Crippen LogP contribution in [0.3, 0.4) is 0 Å². The highest BCUT2D eigenvalue weighted by atomic mass is 19.1. The van der Waals surface area contributed by atoms with Crippen LogP contribution in [0.15, 0.2) is 65.2 Å². The summed E-state index contributed by atoms with van der Waals surface area (Å²) in [5.41, 5.74) is 1.50. The molecular weight excluding hydrogens is 291 g/mol. The molecule has 3 nitrogen and oxygen atoms in total. The number of benzene rings is 1. The Morgan fingerprint density at radius 2 is 1.87 bits per heavy atom. The van der Waals surface area contributed by atoms with Crippen LogP contribution in [0, 0.1) is 5.82 Å². The lowest BCUT2D eigenvalue weighted by Crippen LogP contribution is -2.22. The Morgan fingerprint density at radius 3 is 2.61 bits per heavy atom. The third kappa shape index (κ3) is 3.48. The van der Waals surface area contributed by atoms with E-state index in [9.17, 15) is 4.39 Å². The molecule has 23 heavy (non-hydrogen) atoms. The van der Waals surface area contributed by atoms with Gasteiger partial charge < -0.3 is 4.42 Å². The van der Waals surface area contributed by atoms with Gasteiger partial charge in [-0.1, -0.05) is 18.2 Å². The van der Waals surface area contributed by atoms with Crippen molar-refractivity contribution >= 4 is 0 Å². The molecule has 118 valence electrons. The SMILES string of the molecule is C[C@@H](c1ccccn1)N(C)Cc1ccc(-c2ccccc2F)o1. The van der Waals surface area contributed by atoms with E-state index in [1.54, 1.807) is 24.4 Å². The summed E-state index contributed by atoms with van der Waals surface area (Å²) in [7, 11) is 2.02. The number of aromatic nitrogens is 1. The summed E-state index contributed by atoms with van der Waals surface area (Å²) in [4.78, 5) is 6.53. The van der Waals surface area contributed by atoms with Gasteiger partial charge in [-0.3, -0.25) is 9.88 Å². The van der Waals surface area contributed by atoms with Crippen LogP contribution in [0.25, 0.3) is 11.3 Å². The number of halogens is 1. The van der Waals surface area contributed by atoms with Gasteiger partial charge in [0.15, 0.2) is 0 Å². The second-order valence-electron chi connectivity index (χ2n) is 5.59. The standard InChI is InChI=1S/C19H19FN2O/c1-14(18-9-5-6-12-21-18)22(2)13-15-10-11-19(23-15)16-7-3-4-8-17(16)20/h3-12,14H,13H2,1-2H3/t14-/m0/s1. The fraction of sp³-hybridized carbons (Fsp3) is 0.211. The molecule has 0 saturated carbocycles. The molecule has 1 aromatic carbocycles. The first-order chi connectivity index (χ1) is 11.1. The second kappa shape index (κ2) is 6.75. The Bertz CT molecular complexity index is 770. The summed E-state index contributed by atoms with van der Waals surface area (Å²) in [6.07, 6.45) is 1.79. The molecule has 0 amide bonds. The number of furan rings is 1. The number of hydrogen-bond acceptors (Lipinski definition) is 3. The molecule has 3 rings (SSSR count). The van der Waals surface area contributed by atoms with E-state index in [0.717, 1.165) is 11.5 Å². The summed E-state index contributed by atoms with van der Waals surface area (Å²) < 4.78 is 19.6. The third-order valence-electron chi connectivity index (χ3n) is 3.98. The predicted octanol–water partition coefficient (Wildman–Crippen LogP) is 4.67. The summed E-state index contributed by atoms with van der Waals surface area (Å²) >= 11 is 0. The van der Waals surface area contributed by atoms with Gasteiger partial charge in [0.2, 0.25) is 0 Å². The first kappa shape index (κ1) is 15.4. The fourth-order valence-electron chi connectivity index (χ4n) is 2.50. The van der Waals surface area contributed by atoms with Gasteiger partial charge in [-0.2, -0.15) is 0 Å². The highest BCUT2D eigenvalue weighted by Crippen LogP contribution is 2.26. The van der Waals surface area contributed by atoms with Crippen molar-refractivity contribution in [2.45, 2.75) is 19.5 Å². The zero-order chi connectivity index (χ0) is 16.2. The van der Waals surface area contributed by atoms with Crippen molar-refractivity contribution in [1.82, 2.24) is 9.88 Å². The van der Waals surface area contributed by atoms with Gasteiger partial charge in [-0.15, -0.1) is 0 Å². The van der Waals surface area contributed by atoms with Gasteiger partial charge in [0.05, 0.1) is 17.8 Å². The van der Waals surface area contributed by atoms with Gasteiger partial charge in [-0.05, 0) is 50.4 Å². The zero-order valence-corrected chi connectivity index (χ0v) is 13.2. The Kier molecular flexibility index (Phi) is 4.53. The van der Waals surface area contributed by atoms with Crippen LogP contribution in [0.2, 0.25) is 0 Å². The minimum atomic E-state index is -0.274. The molecule has 2 aromatic heterocycles. The molecule has 3 aromatic rings. The lowest BCUT2D eigenvalue weighted by Gasteiger charge is -2.23. The topological polar surface area (TPSA) is 29.3 Å². The minimum Gasteiger partial charge on any atom is -0.460 e. The highest BCUT2D eigenvalue weighted by Gasteiger charge is 2.15. The van der Waals surface area contributed by atoms with Crippen molar-refractivity contribution < 1.29 is 8.81 Å². The van der Waals surface area contributed by atoms with Crippen LogP contribution >= 0.6 is 0 Å². The fourth-order valence-corrected chi connectivity index (χ4v) is 2.50. The molecular formula is C19H19FN2O. The molecule has 0 aliphatic carbocycles. The summed E-state index contributed by atoms with van der Waals surface area (Å²) in [5.74, 6) is 1.08. The lowest BCUT2D eigenvalue weighted by molar-refractivity contribution is 0.229. The molecule has 0 aliphatic rings. The zero-order valence-electron chi connectivity index (χ0n) is 13.2. The van der Waals surface area contributed by atoms with E-state index in [4.69, 9.17) is 4.42 Å². The van der Waals surface area contributed by atoms with Crippen molar-refractivity contribution in [2.24, 2.45) is 0 Å². The molecule has 4 heteroatoms. The Balaban J connectivity index is 1.73. The predicted molar refractivity (Wildman–Crippen MR) is 88.2 cm³/mol. The molecule has 0 unspecified atom stereocenters. The normalized spacial score (nSPS) is 12.5. The first-order valence-corrected chi connectivity index (χ1v) is 7.60. The van der Waals surface area contributed by atoms with E-state index >= 15 is 0 Å². The molecule has 0 saturated heterocycles. The van der Waals surface area contributed by atoms with Gasteiger partial charge in [-0.25, -0.2) is 4.39 Å². The smallest absolute Gasteiger partial charge is 0.137 e. The van der Waals surface area contributed by atoms with Crippen molar-refractivity contribution in [3.63, 3.8) is 0 Å².